The largest absolute Gasteiger partial charge is 0.508 e. The maximum absolute atomic E-state index is 12.0. The quantitative estimate of drug-likeness (QED) is 0.758. The third-order valence-corrected chi connectivity index (χ3v) is 3.22. The Labute approximate surface area is 128 Å². The van der Waals surface area contributed by atoms with Crippen LogP contribution in [0.5, 0.6) is 5.75 Å². The fraction of sp³-hybridized carbons (Fsp3) is 0.176. The van der Waals surface area contributed by atoms with E-state index >= 15 is 0 Å². The van der Waals surface area contributed by atoms with Crippen LogP contribution in [-0.2, 0) is 22.4 Å². The van der Waals surface area contributed by atoms with E-state index in [0.717, 1.165) is 5.56 Å². The molecule has 3 N–H and O–H groups in total. The molecule has 22 heavy (non-hydrogen) atoms. The molecule has 5 heteroatoms. The third-order valence-electron chi connectivity index (χ3n) is 3.22. The van der Waals surface area contributed by atoms with Crippen molar-refractivity contribution in [3.8, 4) is 5.75 Å². The van der Waals surface area contributed by atoms with E-state index in [-0.39, 0.29) is 24.5 Å². The third kappa shape index (κ3) is 4.63. The molecular formula is C17H17NO4. The first-order chi connectivity index (χ1) is 10.5. The Morgan fingerprint density at radius 3 is 2.18 bits per heavy atom. The highest BCUT2D eigenvalue weighted by atomic mass is 16.4. The number of rotatable bonds is 6. The van der Waals surface area contributed by atoms with Crippen LogP contribution in [0.25, 0.3) is 0 Å². The van der Waals surface area contributed by atoms with Crippen molar-refractivity contribution >= 4 is 11.9 Å². The highest BCUT2D eigenvalue weighted by Gasteiger charge is 2.20. The molecule has 0 saturated carbocycles. The van der Waals surface area contributed by atoms with Gasteiger partial charge in [0.1, 0.15) is 11.8 Å². The molecule has 0 aromatic heterocycles. The highest BCUT2D eigenvalue weighted by molar-refractivity contribution is 5.85. The number of carboxylic acid groups (broad SMARTS) is 1. The number of nitrogens with one attached hydrogen (secondary N) is 1. The monoisotopic (exact) mass is 299 g/mol. The zero-order valence-corrected chi connectivity index (χ0v) is 11.9. The number of amides is 1. The van der Waals surface area contributed by atoms with E-state index in [1.165, 1.54) is 12.1 Å². The molecule has 1 amide bonds. The molecule has 2 aromatic rings. The van der Waals surface area contributed by atoms with Gasteiger partial charge in [-0.3, -0.25) is 4.79 Å². The number of aromatic hydroxyl groups is 1. The Bertz CT molecular complexity index is 637. The van der Waals surface area contributed by atoms with Crippen molar-refractivity contribution in [2.45, 2.75) is 18.9 Å². The Morgan fingerprint density at radius 2 is 1.59 bits per heavy atom. The van der Waals surface area contributed by atoms with E-state index in [9.17, 15) is 19.8 Å². The van der Waals surface area contributed by atoms with E-state index in [1.807, 2.05) is 30.3 Å². The fourth-order valence-corrected chi connectivity index (χ4v) is 2.09. The standard InChI is InChI=1S/C17H17NO4/c19-14-8-6-13(7-9-14)11-16(20)18-15(17(21)22)10-12-4-2-1-3-5-12/h1-9,15,19H,10-11H2,(H,18,20)(H,21,22)/t15-/m0/s1. The summed E-state index contributed by atoms with van der Waals surface area (Å²) in [5, 5.41) is 21.0. The first-order valence-corrected chi connectivity index (χ1v) is 6.88. The molecule has 0 bridgehead atoms. The first-order valence-electron chi connectivity index (χ1n) is 6.88. The zero-order chi connectivity index (χ0) is 15.9. The van der Waals surface area contributed by atoms with Gasteiger partial charge in [-0.05, 0) is 23.3 Å². The van der Waals surface area contributed by atoms with Gasteiger partial charge in [0.15, 0.2) is 0 Å². The highest BCUT2D eigenvalue weighted by Crippen LogP contribution is 2.10. The minimum absolute atomic E-state index is 0.0683. The fourth-order valence-electron chi connectivity index (χ4n) is 2.09. The number of phenolic OH excluding ortho intramolecular Hbond substituents is 1. The van der Waals surface area contributed by atoms with Gasteiger partial charge in [-0.2, -0.15) is 0 Å². The van der Waals surface area contributed by atoms with E-state index in [4.69, 9.17) is 0 Å². The number of carbonyl (C=O) groups is 2. The predicted molar refractivity (Wildman–Crippen MR) is 81.5 cm³/mol. The normalized spacial score (nSPS) is 11.6. The van der Waals surface area contributed by atoms with Gasteiger partial charge in [0.05, 0.1) is 6.42 Å². The number of hydrogen-bond donors (Lipinski definition) is 3. The average Bonchev–Trinajstić information content (AvgIpc) is 2.50. The molecule has 0 saturated heterocycles. The van der Waals surface area contributed by atoms with Gasteiger partial charge >= 0.3 is 5.97 Å². The molecule has 0 aliphatic carbocycles. The van der Waals surface area contributed by atoms with Crippen LogP contribution in [0.15, 0.2) is 54.6 Å². The molecule has 114 valence electrons. The molecule has 2 aromatic carbocycles. The summed E-state index contributed by atoms with van der Waals surface area (Å²) in [6, 6.07) is 14.4. The minimum atomic E-state index is -1.07. The first kappa shape index (κ1) is 15.6. The second-order valence-electron chi connectivity index (χ2n) is 4.99. The van der Waals surface area contributed by atoms with Crippen LogP contribution in [0.4, 0.5) is 0 Å². The van der Waals surface area contributed by atoms with Gasteiger partial charge in [-0.25, -0.2) is 4.79 Å². The smallest absolute Gasteiger partial charge is 0.326 e. The molecule has 2 rings (SSSR count). The average molecular weight is 299 g/mol. The van der Waals surface area contributed by atoms with Gasteiger partial charge in [0.2, 0.25) is 5.91 Å². The summed E-state index contributed by atoms with van der Waals surface area (Å²) in [6.45, 7) is 0. The van der Waals surface area contributed by atoms with Crippen molar-refractivity contribution in [1.82, 2.24) is 5.32 Å². The van der Waals surface area contributed by atoms with Crippen molar-refractivity contribution in [3.05, 3.63) is 65.7 Å². The Hall–Kier alpha value is -2.82. The van der Waals surface area contributed by atoms with Crippen LogP contribution in [0, 0.1) is 0 Å². The molecule has 0 spiro atoms. The lowest BCUT2D eigenvalue weighted by molar-refractivity contribution is -0.141. The number of benzene rings is 2. The molecular weight excluding hydrogens is 282 g/mol. The van der Waals surface area contributed by atoms with Crippen molar-refractivity contribution in [1.29, 1.82) is 0 Å². The number of hydrogen-bond acceptors (Lipinski definition) is 3. The molecule has 0 aliphatic rings. The molecule has 5 nitrogen and oxygen atoms in total. The Balaban J connectivity index is 1.97. The second-order valence-corrected chi connectivity index (χ2v) is 4.99. The summed E-state index contributed by atoms with van der Waals surface area (Å²) in [7, 11) is 0. The zero-order valence-electron chi connectivity index (χ0n) is 11.9. The molecule has 0 fully saturated rings. The van der Waals surface area contributed by atoms with Gasteiger partial charge < -0.3 is 15.5 Å². The molecule has 0 unspecified atom stereocenters. The lowest BCUT2D eigenvalue weighted by atomic mass is 10.1. The van der Waals surface area contributed by atoms with E-state index < -0.39 is 12.0 Å². The van der Waals surface area contributed by atoms with E-state index in [2.05, 4.69) is 5.32 Å². The van der Waals surface area contributed by atoms with Crippen molar-refractivity contribution in [3.63, 3.8) is 0 Å². The lowest BCUT2D eigenvalue weighted by Gasteiger charge is -2.14. The topological polar surface area (TPSA) is 86.6 Å². The van der Waals surface area contributed by atoms with E-state index in [1.54, 1.807) is 12.1 Å². The number of phenols is 1. The maximum atomic E-state index is 12.0. The molecule has 0 heterocycles. The molecule has 0 radical (unpaired) electrons. The summed E-state index contributed by atoms with van der Waals surface area (Å²) in [5.41, 5.74) is 1.55. The number of carbonyl (C=O) groups excluding carboxylic acids is 1. The summed E-state index contributed by atoms with van der Waals surface area (Å²) in [5.74, 6) is -1.31. The molecule has 0 aliphatic heterocycles. The van der Waals surface area contributed by atoms with Crippen LogP contribution < -0.4 is 5.32 Å². The van der Waals surface area contributed by atoms with Gasteiger partial charge in [0, 0.05) is 6.42 Å². The lowest BCUT2D eigenvalue weighted by Crippen LogP contribution is -2.43. The van der Waals surface area contributed by atoms with E-state index in [0.29, 0.717) is 5.56 Å². The van der Waals surface area contributed by atoms with Crippen molar-refractivity contribution in [2.75, 3.05) is 0 Å². The van der Waals surface area contributed by atoms with Gasteiger partial charge in [-0.15, -0.1) is 0 Å². The predicted octanol–water partition coefficient (Wildman–Crippen LogP) is 1.75. The van der Waals surface area contributed by atoms with Crippen LogP contribution >= 0.6 is 0 Å². The Morgan fingerprint density at radius 1 is 0.955 bits per heavy atom. The van der Waals surface area contributed by atoms with Crippen LogP contribution in [0.3, 0.4) is 0 Å². The summed E-state index contributed by atoms with van der Waals surface area (Å²) in [4.78, 5) is 23.3. The minimum Gasteiger partial charge on any atom is -0.508 e. The summed E-state index contributed by atoms with van der Waals surface area (Å²) >= 11 is 0. The van der Waals surface area contributed by atoms with Crippen LogP contribution in [0.2, 0.25) is 0 Å². The second kappa shape index (κ2) is 7.26. The van der Waals surface area contributed by atoms with Crippen molar-refractivity contribution in [2.24, 2.45) is 0 Å². The van der Waals surface area contributed by atoms with Crippen LogP contribution in [-0.4, -0.2) is 28.1 Å². The number of carboxylic acids is 1. The number of aliphatic carboxylic acids is 1. The summed E-state index contributed by atoms with van der Waals surface area (Å²) in [6.07, 6.45) is 0.302. The Kier molecular flexibility index (Phi) is 5.14. The summed E-state index contributed by atoms with van der Waals surface area (Å²) < 4.78 is 0. The molecule has 1 atom stereocenters. The maximum Gasteiger partial charge on any atom is 0.326 e. The SMILES string of the molecule is O=C(Cc1ccc(O)cc1)N[C@@H](Cc1ccccc1)C(=O)O. The van der Waals surface area contributed by atoms with Crippen molar-refractivity contribution < 1.29 is 19.8 Å². The van der Waals surface area contributed by atoms with Crippen LogP contribution in [0.1, 0.15) is 11.1 Å². The van der Waals surface area contributed by atoms with Gasteiger partial charge in [-0.1, -0.05) is 42.5 Å². The van der Waals surface area contributed by atoms with Gasteiger partial charge in [0.25, 0.3) is 0 Å².